The molecule has 0 radical (unpaired) electrons. The molecule has 0 aliphatic carbocycles. The fourth-order valence-corrected chi connectivity index (χ4v) is 5.30. The van der Waals surface area contributed by atoms with Gasteiger partial charge >= 0.3 is 0 Å². The van der Waals surface area contributed by atoms with E-state index in [1.807, 2.05) is 18.3 Å². The number of nitrogens with zero attached hydrogens (tertiary/aromatic N) is 1. The molecule has 1 saturated heterocycles. The van der Waals surface area contributed by atoms with Crippen molar-refractivity contribution in [3.05, 3.63) is 66.0 Å². The topological polar surface area (TPSA) is 25.4 Å². The van der Waals surface area contributed by atoms with Crippen LogP contribution in [0.1, 0.15) is 17.4 Å². The van der Waals surface area contributed by atoms with Crippen LogP contribution in [0.5, 0.6) is 0 Å². The molecular formula is C16H19NOSi. The Labute approximate surface area is 115 Å². The van der Waals surface area contributed by atoms with Crippen LogP contribution in [-0.2, 0) is 9.96 Å². The van der Waals surface area contributed by atoms with Crippen LogP contribution in [0.4, 0.5) is 0 Å². The Morgan fingerprint density at radius 2 is 1.68 bits per heavy atom. The maximum Gasteiger partial charge on any atom is 0.130 e. The van der Waals surface area contributed by atoms with Gasteiger partial charge in [-0.2, -0.15) is 0 Å². The molecule has 1 aromatic carbocycles. The minimum absolute atomic E-state index is 0.114. The van der Waals surface area contributed by atoms with Crippen LogP contribution in [0.15, 0.2) is 54.7 Å². The van der Waals surface area contributed by atoms with Crippen LogP contribution >= 0.6 is 0 Å². The van der Waals surface area contributed by atoms with Gasteiger partial charge in [0.05, 0.1) is 13.8 Å². The van der Waals surface area contributed by atoms with Gasteiger partial charge in [0.15, 0.2) is 0 Å². The zero-order chi connectivity index (χ0) is 13.5. The van der Waals surface area contributed by atoms with E-state index in [4.69, 9.17) is 4.74 Å². The fourth-order valence-electron chi connectivity index (χ4n) is 2.86. The second-order valence-electron chi connectivity index (χ2n) is 6.10. The molecule has 1 aromatic heterocycles. The van der Waals surface area contributed by atoms with Crippen molar-refractivity contribution in [1.29, 1.82) is 0 Å². The van der Waals surface area contributed by atoms with Crippen molar-refractivity contribution >= 4 is 8.07 Å². The van der Waals surface area contributed by atoms with E-state index in [9.17, 15) is 0 Å². The van der Waals surface area contributed by atoms with Crippen LogP contribution in [0.3, 0.4) is 0 Å². The molecule has 0 spiro atoms. The molecule has 0 amide bonds. The summed E-state index contributed by atoms with van der Waals surface area (Å²) in [5, 5.41) is -0.122. The Balaban J connectivity index is 2.04. The normalized spacial score (nSPS) is 26.2. The molecule has 0 unspecified atom stereocenters. The lowest BCUT2D eigenvalue weighted by atomic mass is 10.1. The lowest BCUT2D eigenvalue weighted by Crippen LogP contribution is -2.40. The minimum atomic E-state index is -1.52. The van der Waals surface area contributed by atoms with Gasteiger partial charge in [-0.05, 0) is 17.7 Å². The number of rotatable bonds is 3. The molecule has 2 nitrogen and oxygen atoms in total. The molecule has 1 aliphatic rings. The third-order valence-corrected chi connectivity index (χ3v) is 6.79. The summed E-state index contributed by atoms with van der Waals surface area (Å²) in [6.45, 7) is 7.09. The molecule has 19 heavy (non-hydrogen) atoms. The first kappa shape index (κ1) is 12.6. The van der Waals surface area contributed by atoms with Gasteiger partial charge in [0.1, 0.15) is 11.3 Å². The largest absolute Gasteiger partial charge is 0.358 e. The summed E-state index contributed by atoms with van der Waals surface area (Å²) in [6, 6.07) is 16.6. The maximum atomic E-state index is 6.24. The Kier molecular flexibility index (Phi) is 2.84. The molecule has 2 atom stereocenters. The van der Waals surface area contributed by atoms with Crippen LogP contribution < -0.4 is 0 Å². The van der Waals surface area contributed by atoms with Gasteiger partial charge in [0.2, 0.25) is 0 Å². The highest BCUT2D eigenvalue weighted by molar-refractivity contribution is 6.79. The Hall–Kier alpha value is -1.45. The minimum Gasteiger partial charge on any atom is -0.358 e. The van der Waals surface area contributed by atoms with Crippen molar-refractivity contribution in [2.45, 2.75) is 31.0 Å². The zero-order valence-corrected chi connectivity index (χ0v) is 12.6. The quantitative estimate of drug-likeness (QED) is 0.623. The molecule has 0 N–H and O–H groups in total. The zero-order valence-electron chi connectivity index (χ0n) is 11.6. The number of ether oxygens (including phenoxy) is 1. The molecule has 1 fully saturated rings. The van der Waals surface area contributed by atoms with Crippen molar-refractivity contribution in [2.24, 2.45) is 0 Å². The summed E-state index contributed by atoms with van der Waals surface area (Å²) in [7, 11) is -1.52. The maximum absolute atomic E-state index is 6.24. The average Bonchev–Trinajstić information content (AvgIpc) is 3.17. The Bertz CT molecular complexity index is 564. The van der Waals surface area contributed by atoms with E-state index in [2.05, 4.69) is 61.0 Å². The highest BCUT2D eigenvalue weighted by Crippen LogP contribution is 2.61. The molecule has 0 bridgehead atoms. The number of hydrogen-bond donors (Lipinski definition) is 0. The number of hydrogen-bond acceptors (Lipinski definition) is 2. The predicted molar refractivity (Wildman–Crippen MR) is 79.5 cm³/mol. The molecule has 3 heteroatoms. The molecule has 0 saturated carbocycles. The summed E-state index contributed by atoms with van der Waals surface area (Å²) in [5.74, 6) is 0. The monoisotopic (exact) mass is 269 g/mol. The van der Waals surface area contributed by atoms with Crippen LogP contribution in [0.25, 0.3) is 0 Å². The Morgan fingerprint density at radius 1 is 1.00 bits per heavy atom. The summed E-state index contributed by atoms with van der Waals surface area (Å²) in [5.41, 5.74) is 2.35. The van der Waals surface area contributed by atoms with Crippen molar-refractivity contribution < 1.29 is 4.74 Å². The highest BCUT2D eigenvalue weighted by Gasteiger charge is 2.66. The molecule has 1 aliphatic heterocycles. The second kappa shape index (κ2) is 4.29. The van der Waals surface area contributed by atoms with Crippen molar-refractivity contribution in [3.8, 4) is 0 Å². The smallest absolute Gasteiger partial charge is 0.130 e. The van der Waals surface area contributed by atoms with Gasteiger partial charge in [0.25, 0.3) is 0 Å². The lowest BCUT2D eigenvalue weighted by molar-refractivity contribution is 0.347. The van der Waals surface area contributed by atoms with E-state index in [1.54, 1.807) is 0 Å². The number of pyridine rings is 1. The van der Waals surface area contributed by atoms with E-state index in [0.717, 1.165) is 5.69 Å². The van der Waals surface area contributed by atoms with E-state index in [-0.39, 0.29) is 11.3 Å². The number of aromatic nitrogens is 1. The number of benzene rings is 1. The van der Waals surface area contributed by atoms with Crippen LogP contribution in [0.2, 0.25) is 19.6 Å². The van der Waals surface area contributed by atoms with Crippen molar-refractivity contribution in [1.82, 2.24) is 4.98 Å². The summed E-state index contributed by atoms with van der Waals surface area (Å²) in [6.07, 6.45) is 1.96. The predicted octanol–water partition coefficient (Wildman–Crippen LogP) is 3.93. The summed E-state index contributed by atoms with van der Waals surface area (Å²) < 4.78 is 6.24. The first-order valence-corrected chi connectivity index (χ1v) is 10.2. The van der Waals surface area contributed by atoms with Gasteiger partial charge in [-0.3, -0.25) is 4.98 Å². The second-order valence-corrected chi connectivity index (χ2v) is 11.3. The van der Waals surface area contributed by atoms with Gasteiger partial charge in [0, 0.05) is 6.20 Å². The van der Waals surface area contributed by atoms with Crippen LogP contribution in [-0.4, -0.2) is 13.1 Å². The van der Waals surface area contributed by atoms with Gasteiger partial charge in [-0.15, -0.1) is 0 Å². The van der Waals surface area contributed by atoms with Gasteiger partial charge < -0.3 is 4.74 Å². The van der Waals surface area contributed by atoms with E-state index >= 15 is 0 Å². The molecule has 98 valence electrons. The SMILES string of the molecule is C[Si](C)(C)[C@@]1(c2ccccc2)O[C@H]1c1ccccn1. The van der Waals surface area contributed by atoms with E-state index in [0.29, 0.717) is 0 Å². The van der Waals surface area contributed by atoms with Gasteiger partial charge in [-0.1, -0.05) is 56.0 Å². The van der Waals surface area contributed by atoms with Crippen LogP contribution in [0, 0.1) is 0 Å². The first-order chi connectivity index (χ1) is 9.06. The first-order valence-electron chi connectivity index (χ1n) is 6.70. The standard InChI is InChI=1S/C16H19NOSi/c1-19(2,3)16(13-9-5-4-6-10-13)15(18-16)14-11-7-8-12-17-14/h4-12,15H,1-3H3/t15-,16+/m0/s1. The van der Waals surface area contributed by atoms with Crippen molar-refractivity contribution in [3.63, 3.8) is 0 Å². The average molecular weight is 269 g/mol. The van der Waals surface area contributed by atoms with Crippen molar-refractivity contribution in [2.75, 3.05) is 0 Å². The lowest BCUT2D eigenvalue weighted by Gasteiger charge is -2.26. The number of epoxide rings is 1. The molecule has 2 heterocycles. The van der Waals surface area contributed by atoms with E-state index < -0.39 is 8.07 Å². The third kappa shape index (κ3) is 1.93. The molecular weight excluding hydrogens is 250 g/mol. The summed E-state index contributed by atoms with van der Waals surface area (Å²) >= 11 is 0. The van der Waals surface area contributed by atoms with Gasteiger partial charge in [-0.25, -0.2) is 0 Å². The Morgan fingerprint density at radius 3 is 2.26 bits per heavy atom. The third-order valence-electron chi connectivity index (χ3n) is 3.89. The fraction of sp³-hybridized carbons (Fsp3) is 0.312. The van der Waals surface area contributed by atoms with E-state index in [1.165, 1.54) is 5.56 Å². The summed E-state index contributed by atoms with van der Waals surface area (Å²) in [4.78, 5) is 4.47. The highest BCUT2D eigenvalue weighted by atomic mass is 28.3. The molecule has 3 rings (SSSR count). The molecule has 2 aromatic rings.